The lowest BCUT2D eigenvalue weighted by Crippen LogP contribution is -2.39. The van der Waals surface area contributed by atoms with Gasteiger partial charge in [-0.1, -0.05) is 0 Å². The van der Waals surface area contributed by atoms with Crippen LogP contribution in [-0.4, -0.2) is 51.7 Å². The lowest BCUT2D eigenvalue weighted by atomic mass is 10.2. The van der Waals surface area contributed by atoms with E-state index in [1.165, 1.54) is 11.4 Å². The third kappa shape index (κ3) is 4.59. The molecule has 1 aromatic rings. The SMILES string of the molecule is COc1ccc(NC(=O)CCN2CCCCS2(=O)=O)c(OC)c1. The van der Waals surface area contributed by atoms with Crippen molar-refractivity contribution in [2.75, 3.05) is 38.4 Å². The highest BCUT2D eigenvalue weighted by Crippen LogP contribution is 2.29. The van der Waals surface area contributed by atoms with Crippen molar-refractivity contribution in [2.45, 2.75) is 19.3 Å². The molecule has 1 saturated heterocycles. The van der Waals surface area contributed by atoms with E-state index in [0.29, 0.717) is 30.2 Å². The predicted octanol–water partition coefficient (Wildman–Crippen LogP) is 1.46. The number of nitrogens with zero attached hydrogens (tertiary/aromatic N) is 1. The fourth-order valence-corrected chi connectivity index (χ4v) is 4.04. The van der Waals surface area contributed by atoms with Gasteiger partial charge in [0.05, 0.1) is 25.7 Å². The van der Waals surface area contributed by atoms with Gasteiger partial charge < -0.3 is 14.8 Å². The van der Waals surface area contributed by atoms with Gasteiger partial charge in [0, 0.05) is 25.6 Å². The molecule has 2 rings (SSSR count). The number of rotatable bonds is 6. The first kappa shape index (κ1) is 17.6. The minimum atomic E-state index is -3.20. The Kier molecular flexibility index (Phi) is 5.84. The topological polar surface area (TPSA) is 84.9 Å². The molecule has 1 aromatic carbocycles. The van der Waals surface area contributed by atoms with Crippen LogP contribution in [0.4, 0.5) is 5.69 Å². The molecule has 1 heterocycles. The predicted molar refractivity (Wildman–Crippen MR) is 87.4 cm³/mol. The maximum atomic E-state index is 12.1. The number of sulfonamides is 1. The van der Waals surface area contributed by atoms with Gasteiger partial charge >= 0.3 is 0 Å². The highest BCUT2D eigenvalue weighted by molar-refractivity contribution is 7.89. The summed E-state index contributed by atoms with van der Waals surface area (Å²) in [5.41, 5.74) is 0.528. The van der Waals surface area contributed by atoms with E-state index < -0.39 is 10.0 Å². The van der Waals surface area contributed by atoms with E-state index in [1.807, 2.05) is 0 Å². The number of ether oxygens (including phenoxy) is 2. The average Bonchev–Trinajstić information content (AvgIpc) is 2.53. The number of amides is 1. The van der Waals surface area contributed by atoms with Crippen LogP contribution in [0.5, 0.6) is 11.5 Å². The number of hydrogen-bond donors (Lipinski definition) is 1. The molecule has 1 amide bonds. The lowest BCUT2D eigenvalue weighted by molar-refractivity contribution is -0.116. The minimum Gasteiger partial charge on any atom is -0.497 e. The van der Waals surface area contributed by atoms with Crippen LogP contribution in [0.15, 0.2) is 18.2 Å². The van der Waals surface area contributed by atoms with Crippen molar-refractivity contribution in [3.8, 4) is 11.5 Å². The van der Waals surface area contributed by atoms with Crippen molar-refractivity contribution in [2.24, 2.45) is 0 Å². The Balaban J connectivity index is 1.94. The summed E-state index contributed by atoms with van der Waals surface area (Å²) in [5, 5.41) is 2.74. The number of benzene rings is 1. The van der Waals surface area contributed by atoms with Crippen molar-refractivity contribution in [1.29, 1.82) is 0 Å². The summed E-state index contributed by atoms with van der Waals surface area (Å²) in [7, 11) is -0.149. The molecular weight excluding hydrogens is 320 g/mol. The highest BCUT2D eigenvalue weighted by atomic mass is 32.2. The summed E-state index contributed by atoms with van der Waals surface area (Å²) in [6.07, 6.45) is 1.63. The first-order chi connectivity index (χ1) is 11.0. The summed E-state index contributed by atoms with van der Waals surface area (Å²) >= 11 is 0. The van der Waals surface area contributed by atoms with Crippen molar-refractivity contribution in [1.82, 2.24) is 4.31 Å². The molecule has 23 heavy (non-hydrogen) atoms. The molecule has 1 fully saturated rings. The zero-order chi connectivity index (χ0) is 16.9. The Bertz CT molecular complexity index is 660. The van der Waals surface area contributed by atoms with Crippen molar-refractivity contribution in [3.63, 3.8) is 0 Å². The standard InChI is InChI=1S/C15H22N2O5S/c1-21-12-5-6-13(14(11-12)22-2)16-15(18)7-9-17-8-3-4-10-23(17,19)20/h5-6,11H,3-4,7-10H2,1-2H3,(H,16,18). The van der Waals surface area contributed by atoms with Gasteiger partial charge in [-0.15, -0.1) is 0 Å². The minimum absolute atomic E-state index is 0.106. The number of carbonyl (C=O) groups is 1. The van der Waals surface area contributed by atoms with Crippen LogP contribution in [0.3, 0.4) is 0 Å². The molecule has 1 aliphatic heterocycles. The Morgan fingerprint density at radius 2 is 2.04 bits per heavy atom. The van der Waals surface area contributed by atoms with Gasteiger partial charge in [-0.25, -0.2) is 12.7 Å². The van der Waals surface area contributed by atoms with Crippen LogP contribution in [0.25, 0.3) is 0 Å². The number of nitrogens with one attached hydrogen (secondary N) is 1. The second kappa shape index (κ2) is 7.65. The van der Waals surface area contributed by atoms with Crippen molar-refractivity contribution < 1.29 is 22.7 Å². The Hall–Kier alpha value is -1.80. The molecular formula is C15H22N2O5S. The van der Waals surface area contributed by atoms with Crippen LogP contribution in [-0.2, 0) is 14.8 Å². The first-order valence-electron chi connectivity index (χ1n) is 7.46. The zero-order valence-corrected chi connectivity index (χ0v) is 14.2. The van der Waals surface area contributed by atoms with E-state index in [-0.39, 0.29) is 24.6 Å². The van der Waals surface area contributed by atoms with Gasteiger partial charge in [0.25, 0.3) is 0 Å². The van der Waals surface area contributed by atoms with E-state index in [1.54, 1.807) is 25.3 Å². The molecule has 7 nitrogen and oxygen atoms in total. The number of carbonyl (C=O) groups excluding carboxylic acids is 1. The Morgan fingerprint density at radius 3 is 2.70 bits per heavy atom. The molecule has 0 saturated carbocycles. The van der Waals surface area contributed by atoms with Crippen molar-refractivity contribution >= 4 is 21.6 Å². The van der Waals surface area contributed by atoms with E-state index in [9.17, 15) is 13.2 Å². The molecule has 0 aliphatic carbocycles. The van der Waals surface area contributed by atoms with Gasteiger partial charge in [0.2, 0.25) is 15.9 Å². The summed E-state index contributed by atoms with van der Waals surface area (Å²) in [5.74, 6) is 1.03. The highest BCUT2D eigenvalue weighted by Gasteiger charge is 2.25. The van der Waals surface area contributed by atoms with Gasteiger partial charge in [-0.3, -0.25) is 4.79 Å². The van der Waals surface area contributed by atoms with E-state index in [2.05, 4.69) is 5.32 Å². The summed E-state index contributed by atoms with van der Waals surface area (Å²) < 4.78 is 35.5. The van der Waals surface area contributed by atoms with Crippen LogP contribution in [0, 0.1) is 0 Å². The normalized spacial score (nSPS) is 17.5. The van der Waals surface area contributed by atoms with Gasteiger partial charge in [-0.2, -0.15) is 0 Å². The quantitative estimate of drug-likeness (QED) is 0.846. The maximum Gasteiger partial charge on any atom is 0.225 e. The largest absolute Gasteiger partial charge is 0.497 e. The smallest absolute Gasteiger partial charge is 0.225 e. The van der Waals surface area contributed by atoms with E-state index in [0.717, 1.165) is 6.42 Å². The molecule has 0 aromatic heterocycles. The fourth-order valence-electron chi connectivity index (χ4n) is 2.43. The molecule has 1 N–H and O–H groups in total. The van der Waals surface area contributed by atoms with Crippen LogP contribution in [0.2, 0.25) is 0 Å². The molecule has 0 unspecified atom stereocenters. The fraction of sp³-hybridized carbons (Fsp3) is 0.533. The zero-order valence-electron chi connectivity index (χ0n) is 13.4. The van der Waals surface area contributed by atoms with E-state index in [4.69, 9.17) is 9.47 Å². The molecule has 8 heteroatoms. The van der Waals surface area contributed by atoms with Crippen LogP contribution < -0.4 is 14.8 Å². The van der Waals surface area contributed by atoms with Crippen molar-refractivity contribution in [3.05, 3.63) is 18.2 Å². The number of hydrogen-bond acceptors (Lipinski definition) is 5. The molecule has 1 aliphatic rings. The molecule has 0 radical (unpaired) electrons. The van der Waals surface area contributed by atoms with E-state index >= 15 is 0 Å². The molecule has 0 spiro atoms. The summed E-state index contributed by atoms with van der Waals surface area (Å²) in [6, 6.07) is 5.07. The van der Waals surface area contributed by atoms with Crippen LogP contribution >= 0.6 is 0 Å². The van der Waals surface area contributed by atoms with Gasteiger partial charge in [0.1, 0.15) is 11.5 Å². The monoisotopic (exact) mass is 342 g/mol. The second-order valence-electron chi connectivity index (χ2n) is 5.29. The number of anilines is 1. The Morgan fingerprint density at radius 1 is 1.26 bits per heavy atom. The molecule has 128 valence electrons. The lowest BCUT2D eigenvalue weighted by Gasteiger charge is -2.25. The van der Waals surface area contributed by atoms with Gasteiger partial charge in [0.15, 0.2) is 0 Å². The van der Waals surface area contributed by atoms with Crippen LogP contribution in [0.1, 0.15) is 19.3 Å². The Labute approximate surface area is 136 Å². The third-order valence-corrected chi connectivity index (χ3v) is 5.68. The average molecular weight is 342 g/mol. The van der Waals surface area contributed by atoms with Gasteiger partial charge in [-0.05, 0) is 25.0 Å². The summed E-state index contributed by atoms with van der Waals surface area (Å²) in [4.78, 5) is 12.1. The first-order valence-corrected chi connectivity index (χ1v) is 9.07. The maximum absolute atomic E-state index is 12.1. The summed E-state index contributed by atoms with van der Waals surface area (Å²) in [6.45, 7) is 0.689. The second-order valence-corrected chi connectivity index (χ2v) is 7.38. The molecule has 0 atom stereocenters. The third-order valence-electron chi connectivity index (χ3n) is 3.72. The number of methoxy groups -OCH3 is 2. The molecule has 0 bridgehead atoms.